The van der Waals surface area contributed by atoms with Crippen molar-refractivity contribution in [1.29, 1.82) is 0 Å². The molecule has 2 unspecified atom stereocenters. The van der Waals surface area contributed by atoms with Gasteiger partial charge in [0.2, 0.25) is 0 Å². The highest BCUT2D eigenvalue weighted by Crippen LogP contribution is 2.30. The van der Waals surface area contributed by atoms with Gasteiger partial charge in [-0.05, 0) is 38.9 Å². The van der Waals surface area contributed by atoms with Gasteiger partial charge in [-0.15, -0.1) is 0 Å². The van der Waals surface area contributed by atoms with E-state index in [2.05, 4.69) is 10.2 Å². The van der Waals surface area contributed by atoms with E-state index in [0.29, 0.717) is 56.8 Å². The Morgan fingerprint density at radius 3 is 2.67 bits per heavy atom. The Balaban J connectivity index is 1.61. The molecule has 2 aliphatic heterocycles. The second-order valence-corrected chi connectivity index (χ2v) is 10.3. The Labute approximate surface area is 227 Å². The molecular weight excluding hydrogens is 513 g/mol. The monoisotopic (exact) mass is 552 g/mol. The Bertz CT molecular complexity index is 1070. The second kappa shape index (κ2) is 13.1. The average Bonchev–Trinajstić information content (AvgIpc) is 2.92. The van der Waals surface area contributed by atoms with Crippen molar-refractivity contribution < 1.29 is 27.8 Å². The van der Waals surface area contributed by atoms with E-state index in [1.807, 2.05) is 49.2 Å². The maximum Gasteiger partial charge on any atom is 0.401 e. The maximum atomic E-state index is 13.0. The number of aromatic nitrogens is 2. The van der Waals surface area contributed by atoms with Gasteiger partial charge in [0.05, 0.1) is 6.54 Å². The van der Waals surface area contributed by atoms with Crippen molar-refractivity contribution in [2.24, 2.45) is 0 Å². The summed E-state index contributed by atoms with van der Waals surface area (Å²) in [5.74, 6) is 2.53. The molecule has 39 heavy (non-hydrogen) atoms. The van der Waals surface area contributed by atoms with E-state index in [9.17, 15) is 18.3 Å². The smallest absolute Gasteiger partial charge is 0.401 e. The van der Waals surface area contributed by atoms with Crippen molar-refractivity contribution in [1.82, 2.24) is 20.2 Å². The molecule has 2 saturated heterocycles. The first-order valence-electron chi connectivity index (χ1n) is 13.4. The van der Waals surface area contributed by atoms with Crippen molar-refractivity contribution in [3.05, 3.63) is 30.3 Å². The third-order valence-electron chi connectivity index (χ3n) is 7.24. The number of halogens is 3. The molecule has 2 fully saturated rings. The van der Waals surface area contributed by atoms with Crippen molar-refractivity contribution >= 4 is 11.6 Å². The molecule has 9 nitrogen and oxygen atoms in total. The highest BCUT2D eigenvalue weighted by molar-refractivity contribution is 5.64. The summed E-state index contributed by atoms with van der Waals surface area (Å²) in [6, 6.07) is 9.32. The largest absolute Gasteiger partial charge is 0.491 e. The third-order valence-corrected chi connectivity index (χ3v) is 7.24. The number of nitrogens with one attached hydrogen (secondary N) is 1. The minimum Gasteiger partial charge on any atom is -0.491 e. The zero-order valence-corrected chi connectivity index (χ0v) is 22.8. The van der Waals surface area contributed by atoms with Gasteiger partial charge in [0, 0.05) is 70.2 Å². The van der Waals surface area contributed by atoms with Gasteiger partial charge in [-0.3, -0.25) is 4.90 Å². The van der Waals surface area contributed by atoms with E-state index in [4.69, 9.17) is 19.4 Å². The van der Waals surface area contributed by atoms with Crippen LogP contribution in [0.15, 0.2) is 30.3 Å². The molecular formula is C27H39F3N6O3. The number of anilines is 2. The molecule has 12 heteroatoms. The van der Waals surface area contributed by atoms with Gasteiger partial charge < -0.3 is 29.7 Å². The SMILES string of the molecule is CNCC(O)COc1cccc(-c2nc(N3CCN(CC(F)(F)F)C(C)C3)cc(N(C)C3CCOCC3)n2)c1. The van der Waals surface area contributed by atoms with Crippen LogP contribution < -0.4 is 19.9 Å². The lowest BCUT2D eigenvalue weighted by atomic mass is 10.1. The fourth-order valence-corrected chi connectivity index (χ4v) is 5.03. The third kappa shape index (κ3) is 8.17. The molecule has 0 amide bonds. The highest BCUT2D eigenvalue weighted by atomic mass is 19.4. The number of nitrogens with zero attached hydrogens (tertiary/aromatic N) is 5. The molecule has 2 atom stereocenters. The number of ether oxygens (including phenoxy) is 2. The molecule has 2 aromatic rings. The molecule has 0 bridgehead atoms. The standard InChI is InChI=1S/C27H39F3N6O3/c1-19-16-35(9-10-36(19)18-27(28,29)30)25-14-24(34(3)21-7-11-38-12-8-21)32-26(33-25)20-5-4-6-23(13-20)39-17-22(37)15-31-2/h4-6,13-14,19,21-22,31,37H,7-12,15-18H2,1-3H3. The maximum absolute atomic E-state index is 13.0. The van der Waals surface area contributed by atoms with E-state index < -0.39 is 18.8 Å². The predicted octanol–water partition coefficient (Wildman–Crippen LogP) is 2.79. The summed E-state index contributed by atoms with van der Waals surface area (Å²) < 4.78 is 50.5. The van der Waals surface area contributed by atoms with Crippen LogP contribution in [0.5, 0.6) is 5.75 Å². The van der Waals surface area contributed by atoms with Gasteiger partial charge in [-0.25, -0.2) is 9.97 Å². The average molecular weight is 553 g/mol. The number of hydrogen-bond acceptors (Lipinski definition) is 9. The lowest BCUT2D eigenvalue weighted by Crippen LogP contribution is -2.54. The zero-order valence-electron chi connectivity index (χ0n) is 22.8. The van der Waals surface area contributed by atoms with Crippen LogP contribution >= 0.6 is 0 Å². The molecule has 1 aromatic carbocycles. The van der Waals surface area contributed by atoms with Crippen molar-refractivity contribution in [2.45, 2.75) is 44.1 Å². The topological polar surface area (TPSA) is 86.2 Å². The van der Waals surface area contributed by atoms with E-state index in [1.54, 1.807) is 7.05 Å². The van der Waals surface area contributed by atoms with E-state index in [-0.39, 0.29) is 18.7 Å². The van der Waals surface area contributed by atoms with Crippen LogP contribution in [0.2, 0.25) is 0 Å². The van der Waals surface area contributed by atoms with Crippen molar-refractivity contribution in [3.8, 4) is 17.1 Å². The summed E-state index contributed by atoms with van der Waals surface area (Å²) in [5.41, 5.74) is 0.753. The van der Waals surface area contributed by atoms with Crippen LogP contribution in [0.3, 0.4) is 0 Å². The Morgan fingerprint density at radius 1 is 1.21 bits per heavy atom. The van der Waals surface area contributed by atoms with Gasteiger partial charge in [0.15, 0.2) is 5.82 Å². The van der Waals surface area contributed by atoms with Crippen LogP contribution in [-0.4, -0.2) is 111 Å². The molecule has 4 rings (SSSR count). The molecule has 2 N–H and O–H groups in total. The molecule has 2 aliphatic rings. The number of hydrogen-bond donors (Lipinski definition) is 2. The van der Waals surface area contributed by atoms with Crippen LogP contribution in [0, 0.1) is 0 Å². The van der Waals surface area contributed by atoms with Crippen LogP contribution in [-0.2, 0) is 4.74 Å². The first-order valence-corrected chi connectivity index (χ1v) is 13.4. The molecule has 0 spiro atoms. The number of alkyl halides is 3. The molecule has 0 radical (unpaired) electrons. The number of aliphatic hydroxyl groups excluding tert-OH is 1. The van der Waals surface area contributed by atoms with Gasteiger partial charge >= 0.3 is 6.18 Å². The van der Waals surface area contributed by atoms with Crippen molar-refractivity contribution in [3.63, 3.8) is 0 Å². The van der Waals surface area contributed by atoms with Crippen LogP contribution in [0.1, 0.15) is 19.8 Å². The Kier molecular flexibility index (Phi) is 9.86. The number of rotatable bonds is 10. The summed E-state index contributed by atoms with van der Waals surface area (Å²) in [6.07, 6.45) is -3.10. The van der Waals surface area contributed by atoms with Crippen LogP contribution in [0.4, 0.5) is 24.8 Å². The number of benzene rings is 1. The quantitative estimate of drug-likeness (QED) is 0.462. The van der Waals surface area contributed by atoms with E-state index in [0.717, 1.165) is 24.2 Å². The molecule has 216 valence electrons. The Hall–Kier alpha value is -2.67. The first kappa shape index (κ1) is 29.3. The predicted molar refractivity (Wildman–Crippen MR) is 144 cm³/mol. The minimum absolute atomic E-state index is 0.142. The van der Waals surface area contributed by atoms with Gasteiger partial charge in [-0.2, -0.15) is 13.2 Å². The summed E-state index contributed by atoms with van der Waals surface area (Å²) in [4.78, 5) is 15.4. The molecule has 0 aliphatic carbocycles. The fourth-order valence-electron chi connectivity index (χ4n) is 5.03. The minimum atomic E-state index is -4.23. The summed E-state index contributed by atoms with van der Waals surface area (Å²) >= 11 is 0. The summed E-state index contributed by atoms with van der Waals surface area (Å²) in [5, 5.41) is 12.9. The molecule has 3 heterocycles. The summed E-state index contributed by atoms with van der Waals surface area (Å²) in [7, 11) is 3.78. The van der Waals surface area contributed by atoms with Gasteiger partial charge in [0.25, 0.3) is 0 Å². The lowest BCUT2D eigenvalue weighted by molar-refractivity contribution is -0.150. The Morgan fingerprint density at radius 2 is 1.97 bits per heavy atom. The zero-order chi connectivity index (χ0) is 28.0. The van der Waals surface area contributed by atoms with E-state index in [1.165, 1.54) is 4.90 Å². The molecule has 1 aromatic heterocycles. The van der Waals surface area contributed by atoms with E-state index >= 15 is 0 Å². The lowest BCUT2D eigenvalue weighted by Gasteiger charge is -2.41. The fraction of sp³-hybridized carbons (Fsp3) is 0.630. The number of aliphatic hydroxyl groups is 1. The normalized spacial score (nSPS) is 20.2. The number of likely N-dealkylation sites (N-methyl/N-ethyl adjacent to an activating group) is 1. The number of piperazine rings is 1. The summed E-state index contributed by atoms with van der Waals surface area (Å²) in [6.45, 7) is 4.01. The van der Waals surface area contributed by atoms with Gasteiger partial charge in [0.1, 0.15) is 30.1 Å². The molecule has 0 saturated carbocycles. The highest BCUT2D eigenvalue weighted by Gasteiger charge is 2.35. The van der Waals surface area contributed by atoms with Crippen LogP contribution in [0.25, 0.3) is 11.4 Å². The van der Waals surface area contributed by atoms with Gasteiger partial charge in [-0.1, -0.05) is 12.1 Å². The van der Waals surface area contributed by atoms with Crippen molar-refractivity contribution in [2.75, 3.05) is 76.4 Å². The first-order chi connectivity index (χ1) is 18.6. The second-order valence-electron chi connectivity index (χ2n) is 10.3.